The number of carboxylic acids is 1. The van der Waals surface area contributed by atoms with E-state index in [1.807, 2.05) is 24.3 Å². The third-order valence-electron chi connectivity index (χ3n) is 4.59. The Kier molecular flexibility index (Phi) is 4.43. The van der Waals surface area contributed by atoms with Crippen LogP contribution in [0.3, 0.4) is 0 Å². The number of benzene rings is 1. The number of halogens is 1. The lowest BCUT2D eigenvalue weighted by Crippen LogP contribution is -2.54. The van der Waals surface area contributed by atoms with Crippen molar-refractivity contribution in [3.8, 4) is 0 Å². The van der Waals surface area contributed by atoms with Gasteiger partial charge in [0.25, 0.3) is 5.91 Å². The van der Waals surface area contributed by atoms with Gasteiger partial charge in [0.1, 0.15) is 11.2 Å². The lowest BCUT2D eigenvalue weighted by Gasteiger charge is -2.29. The summed E-state index contributed by atoms with van der Waals surface area (Å²) in [6.07, 6.45) is 4.63. The minimum absolute atomic E-state index is 0.371. The summed E-state index contributed by atoms with van der Waals surface area (Å²) < 4.78 is 0.666. The molecule has 0 bridgehead atoms. The van der Waals surface area contributed by atoms with E-state index in [4.69, 9.17) is 0 Å². The zero-order valence-corrected chi connectivity index (χ0v) is 14.3. The summed E-state index contributed by atoms with van der Waals surface area (Å²) >= 11 is 3.45. The topological polar surface area (TPSA) is 82.2 Å². The predicted molar refractivity (Wildman–Crippen MR) is 91.5 cm³/mol. The number of nitrogens with one attached hydrogen (secondary N) is 2. The molecule has 1 aromatic heterocycles. The standard InChI is InChI=1S/C17H19BrN2O3/c18-13-11-7-3-4-8-12(11)19-14(13)15(21)20-17(16(22)23)9-5-1-2-6-10-17/h3-4,7-8,19H,1-2,5-6,9-10H2,(H,20,21)(H,22,23). The Labute approximate surface area is 142 Å². The van der Waals surface area contributed by atoms with Gasteiger partial charge in [0.05, 0.1) is 4.47 Å². The van der Waals surface area contributed by atoms with Gasteiger partial charge in [-0.05, 0) is 34.8 Å². The molecule has 1 saturated carbocycles. The van der Waals surface area contributed by atoms with E-state index >= 15 is 0 Å². The fourth-order valence-electron chi connectivity index (χ4n) is 3.27. The molecule has 3 N–H and O–H groups in total. The minimum atomic E-state index is -1.16. The molecule has 5 nitrogen and oxygen atoms in total. The van der Waals surface area contributed by atoms with Gasteiger partial charge in [-0.25, -0.2) is 4.79 Å². The van der Waals surface area contributed by atoms with Gasteiger partial charge in [0.2, 0.25) is 0 Å². The van der Waals surface area contributed by atoms with Gasteiger partial charge in [-0.15, -0.1) is 0 Å². The number of aliphatic carboxylic acids is 1. The molecule has 0 spiro atoms. The maximum atomic E-state index is 12.7. The number of carbonyl (C=O) groups excluding carboxylic acids is 1. The number of aromatic nitrogens is 1. The van der Waals surface area contributed by atoms with Crippen LogP contribution >= 0.6 is 15.9 Å². The number of para-hydroxylation sites is 1. The molecule has 2 aromatic rings. The first-order valence-electron chi connectivity index (χ1n) is 7.86. The number of hydrogen-bond acceptors (Lipinski definition) is 2. The van der Waals surface area contributed by atoms with Crippen molar-refractivity contribution in [2.24, 2.45) is 0 Å². The third kappa shape index (κ3) is 3.00. The second kappa shape index (κ2) is 6.35. The highest BCUT2D eigenvalue weighted by molar-refractivity contribution is 9.10. The van der Waals surface area contributed by atoms with E-state index in [0.717, 1.165) is 36.6 Å². The number of aromatic amines is 1. The second-order valence-corrected chi connectivity index (χ2v) is 6.91. The van der Waals surface area contributed by atoms with Crippen LogP contribution in [-0.4, -0.2) is 27.5 Å². The summed E-state index contributed by atoms with van der Waals surface area (Å²) in [7, 11) is 0. The van der Waals surface area contributed by atoms with Crippen LogP contribution in [-0.2, 0) is 4.79 Å². The smallest absolute Gasteiger partial charge is 0.329 e. The molecule has 1 amide bonds. The normalized spacial score (nSPS) is 17.6. The van der Waals surface area contributed by atoms with Crippen molar-refractivity contribution in [3.63, 3.8) is 0 Å². The monoisotopic (exact) mass is 378 g/mol. The molecule has 0 atom stereocenters. The van der Waals surface area contributed by atoms with E-state index in [1.165, 1.54) is 0 Å². The van der Waals surface area contributed by atoms with E-state index in [-0.39, 0.29) is 5.91 Å². The number of H-pyrrole nitrogens is 1. The number of carboxylic acid groups (broad SMARTS) is 1. The van der Waals surface area contributed by atoms with Gasteiger partial charge in [-0.1, -0.05) is 43.9 Å². The van der Waals surface area contributed by atoms with Crippen molar-refractivity contribution in [1.29, 1.82) is 0 Å². The zero-order valence-electron chi connectivity index (χ0n) is 12.7. The van der Waals surface area contributed by atoms with Crippen LogP contribution in [0.25, 0.3) is 10.9 Å². The highest BCUT2D eigenvalue weighted by atomic mass is 79.9. The number of carbonyl (C=O) groups is 2. The largest absolute Gasteiger partial charge is 0.480 e. The Hall–Kier alpha value is -1.82. The molecule has 23 heavy (non-hydrogen) atoms. The number of amides is 1. The summed E-state index contributed by atoms with van der Waals surface area (Å²) in [5.74, 6) is -1.32. The van der Waals surface area contributed by atoms with Crippen LogP contribution in [0.2, 0.25) is 0 Å². The Bertz CT molecular complexity index is 745. The third-order valence-corrected chi connectivity index (χ3v) is 5.41. The summed E-state index contributed by atoms with van der Waals surface area (Å²) in [6.45, 7) is 0. The van der Waals surface area contributed by atoms with Crippen molar-refractivity contribution in [3.05, 3.63) is 34.4 Å². The molecule has 0 radical (unpaired) electrons. The maximum absolute atomic E-state index is 12.7. The molecular weight excluding hydrogens is 360 g/mol. The first kappa shape index (κ1) is 16.1. The maximum Gasteiger partial charge on any atom is 0.329 e. The summed E-state index contributed by atoms with van der Waals surface area (Å²) in [6, 6.07) is 7.57. The molecule has 6 heteroatoms. The molecule has 0 saturated heterocycles. The first-order chi connectivity index (χ1) is 11.0. The first-order valence-corrected chi connectivity index (χ1v) is 8.65. The van der Waals surface area contributed by atoms with Crippen LogP contribution in [0.5, 0.6) is 0 Å². The van der Waals surface area contributed by atoms with Crippen LogP contribution in [0.1, 0.15) is 49.0 Å². The number of hydrogen-bond donors (Lipinski definition) is 3. The Balaban J connectivity index is 1.91. The van der Waals surface area contributed by atoms with Gasteiger partial charge in [-0.3, -0.25) is 4.79 Å². The van der Waals surface area contributed by atoms with E-state index in [2.05, 4.69) is 26.2 Å². The molecule has 1 fully saturated rings. The quantitative estimate of drug-likeness (QED) is 0.709. The fourth-order valence-corrected chi connectivity index (χ4v) is 3.89. The Morgan fingerprint density at radius 1 is 1.13 bits per heavy atom. The van der Waals surface area contributed by atoms with Crippen molar-refractivity contribution < 1.29 is 14.7 Å². The van der Waals surface area contributed by atoms with Crippen LogP contribution < -0.4 is 5.32 Å². The summed E-state index contributed by atoms with van der Waals surface area (Å²) in [5, 5.41) is 13.4. The van der Waals surface area contributed by atoms with E-state index in [9.17, 15) is 14.7 Å². The van der Waals surface area contributed by atoms with E-state index < -0.39 is 11.5 Å². The van der Waals surface area contributed by atoms with Crippen molar-refractivity contribution in [1.82, 2.24) is 10.3 Å². The molecule has 1 aromatic carbocycles. The minimum Gasteiger partial charge on any atom is -0.480 e. The van der Waals surface area contributed by atoms with Gasteiger partial charge in [-0.2, -0.15) is 0 Å². The SMILES string of the molecule is O=C(NC1(C(=O)O)CCCCCC1)c1[nH]c2ccccc2c1Br. The molecule has 3 rings (SSSR count). The molecule has 1 aliphatic carbocycles. The lowest BCUT2D eigenvalue weighted by atomic mass is 9.90. The number of fused-ring (bicyclic) bond motifs is 1. The molecule has 1 aliphatic rings. The average Bonchev–Trinajstić information content (AvgIpc) is 2.72. The van der Waals surface area contributed by atoms with Gasteiger partial charge >= 0.3 is 5.97 Å². The lowest BCUT2D eigenvalue weighted by molar-refractivity contribution is -0.145. The van der Waals surface area contributed by atoms with Crippen molar-refractivity contribution >= 4 is 38.7 Å². The van der Waals surface area contributed by atoms with Gasteiger partial charge in [0.15, 0.2) is 0 Å². The number of rotatable bonds is 3. The van der Waals surface area contributed by atoms with Gasteiger partial charge in [0, 0.05) is 10.9 Å². The second-order valence-electron chi connectivity index (χ2n) is 6.12. The molecular formula is C17H19BrN2O3. The molecule has 122 valence electrons. The molecule has 0 unspecified atom stereocenters. The van der Waals surface area contributed by atoms with Crippen molar-refractivity contribution in [2.45, 2.75) is 44.1 Å². The average molecular weight is 379 g/mol. The fraction of sp³-hybridized carbons (Fsp3) is 0.412. The predicted octanol–water partition coefficient (Wildman–Crippen LogP) is 3.84. The van der Waals surface area contributed by atoms with Crippen molar-refractivity contribution in [2.75, 3.05) is 0 Å². The Morgan fingerprint density at radius 2 is 1.78 bits per heavy atom. The van der Waals surface area contributed by atoms with Crippen LogP contribution in [0.4, 0.5) is 0 Å². The summed E-state index contributed by atoms with van der Waals surface area (Å²) in [5.41, 5.74) is 0.0514. The van der Waals surface area contributed by atoms with Gasteiger partial charge < -0.3 is 15.4 Å². The zero-order chi connectivity index (χ0) is 16.4. The Morgan fingerprint density at radius 3 is 2.39 bits per heavy atom. The van der Waals surface area contributed by atoms with E-state index in [0.29, 0.717) is 23.0 Å². The van der Waals surface area contributed by atoms with Crippen LogP contribution in [0, 0.1) is 0 Å². The molecule has 0 aliphatic heterocycles. The summed E-state index contributed by atoms with van der Waals surface area (Å²) in [4.78, 5) is 27.6. The van der Waals surface area contributed by atoms with Crippen LogP contribution in [0.15, 0.2) is 28.7 Å². The highest BCUT2D eigenvalue weighted by Gasteiger charge is 2.40. The molecule has 1 heterocycles. The van der Waals surface area contributed by atoms with E-state index in [1.54, 1.807) is 0 Å². The highest BCUT2D eigenvalue weighted by Crippen LogP contribution is 2.31.